The molecule has 0 fully saturated rings. The number of benzene rings is 1. The van der Waals surface area contributed by atoms with Gasteiger partial charge in [0.05, 0.1) is 41.1 Å². The number of fused-ring (bicyclic) bond motifs is 1. The van der Waals surface area contributed by atoms with Gasteiger partial charge in [-0.05, 0) is 26.0 Å². The van der Waals surface area contributed by atoms with Gasteiger partial charge in [0.2, 0.25) is 0 Å². The average Bonchev–Trinajstić information content (AvgIpc) is 2.68. The van der Waals surface area contributed by atoms with E-state index in [0.29, 0.717) is 10.9 Å². The van der Waals surface area contributed by atoms with E-state index >= 15 is 0 Å². The standard InChI is InChI=1S/C19H20N4O6/c1-3-28-18(26)16-11(2)21-19(27)22-14(16)9-29-15(24)8-23-10-20-13-7-5-4-6-12(13)17(23)25/h4-7,10-11H,3,8-9H2,1-2H3,(H2,21,22,27). The molecule has 0 saturated heterocycles. The maximum atomic E-state index is 12.4. The predicted octanol–water partition coefficient (Wildman–Crippen LogP) is 0.458. The van der Waals surface area contributed by atoms with Crippen LogP contribution in [0, 0.1) is 0 Å². The van der Waals surface area contributed by atoms with Gasteiger partial charge in [0.1, 0.15) is 13.2 Å². The Balaban J connectivity index is 1.74. The van der Waals surface area contributed by atoms with Crippen molar-refractivity contribution in [3.05, 3.63) is 52.2 Å². The minimum absolute atomic E-state index is 0.136. The maximum Gasteiger partial charge on any atom is 0.338 e. The Morgan fingerprint density at radius 2 is 1.97 bits per heavy atom. The van der Waals surface area contributed by atoms with Crippen molar-refractivity contribution in [2.75, 3.05) is 13.2 Å². The lowest BCUT2D eigenvalue weighted by molar-refractivity contribution is -0.144. The fourth-order valence-electron chi connectivity index (χ4n) is 2.95. The summed E-state index contributed by atoms with van der Waals surface area (Å²) in [6, 6.07) is 5.66. The second kappa shape index (κ2) is 8.55. The highest BCUT2D eigenvalue weighted by Crippen LogP contribution is 2.14. The van der Waals surface area contributed by atoms with Crippen LogP contribution >= 0.6 is 0 Å². The molecule has 152 valence electrons. The van der Waals surface area contributed by atoms with Crippen LogP contribution in [0.5, 0.6) is 0 Å². The number of hydrogen-bond acceptors (Lipinski definition) is 7. The van der Waals surface area contributed by atoms with E-state index in [9.17, 15) is 19.2 Å². The fourth-order valence-corrected chi connectivity index (χ4v) is 2.95. The van der Waals surface area contributed by atoms with Crippen LogP contribution in [0.15, 0.2) is 46.7 Å². The lowest BCUT2D eigenvalue weighted by Gasteiger charge is -2.26. The number of nitrogens with one attached hydrogen (secondary N) is 2. The second-order valence-electron chi connectivity index (χ2n) is 6.29. The van der Waals surface area contributed by atoms with Gasteiger partial charge in [-0.1, -0.05) is 12.1 Å². The minimum atomic E-state index is -0.722. The quantitative estimate of drug-likeness (QED) is 0.674. The van der Waals surface area contributed by atoms with E-state index in [2.05, 4.69) is 15.6 Å². The first-order chi connectivity index (χ1) is 13.9. The van der Waals surface area contributed by atoms with Crippen molar-refractivity contribution in [3.8, 4) is 0 Å². The monoisotopic (exact) mass is 400 g/mol. The zero-order chi connectivity index (χ0) is 21.0. The summed E-state index contributed by atoms with van der Waals surface area (Å²) in [6.45, 7) is 2.73. The van der Waals surface area contributed by atoms with Gasteiger partial charge >= 0.3 is 18.0 Å². The molecule has 1 atom stereocenters. The van der Waals surface area contributed by atoms with E-state index in [-0.39, 0.29) is 36.6 Å². The molecule has 2 heterocycles. The Morgan fingerprint density at radius 3 is 2.72 bits per heavy atom. The molecule has 0 spiro atoms. The van der Waals surface area contributed by atoms with E-state index in [1.54, 1.807) is 38.1 Å². The van der Waals surface area contributed by atoms with Gasteiger partial charge in [-0.25, -0.2) is 14.6 Å². The molecule has 1 aliphatic heterocycles. The summed E-state index contributed by atoms with van der Waals surface area (Å²) >= 11 is 0. The van der Waals surface area contributed by atoms with Crippen LogP contribution in [0.3, 0.4) is 0 Å². The molecule has 10 heteroatoms. The van der Waals surface area contributed by atoms with Crippen molar-refractivity contribution >= 4 is 28.9 Å². The van der Waals surface area contributed by atoms with Crippen molar-refractivity contribution in [3.63, 3.8) is 0 Å². The number of carbonyl (C=O) groups excluding carboxylic acids is 3. The maximum absolute atomic E-state index is 12.4. The first-order valence-corrected chi connectivity index (χ1v) is 8.98. The molecule has 10 nitrogen and oxygen atoms in total. The van der Waals surface area contributed by atoms with Crippen LogP contribution in [0.2, 0.25) is 0 Å². The highest BCUT2D eigenvalue weighted by molar-refractivity contribution is 5.94. The normalized spacial score (nSPS) is 16.2. The molecule has 0 saturated carbocycles. The summed E-state index contributed by atoms with van der Waals surface area (Å²) in [5, 5.41) is 5.39. The highest BCUT2D eigenvalue weighted by Gasteiger charge is 2.30. The number of rotatable bonds is 6. The summed E-state index contributed by atoms with van der Waals surface area (Å²) in [7, 11) is 0. The Hall–Kier alpha value is -3.69. The molecule has 0 aliphatic carbocycles. The molecule has 1 aromatic carbocycles. The third-order valence-electron chi connectivity index (χ3n) is 4.27. The number of aromatic nitrogens is 2. The molecule has 1 aromatic heterocycles. The number of hydrogen-bond donors (Lipinski definition) is 2. The van der Waals surface area contributed by atoms with Crippen LogP contribution in [0.25, 0.3) is 10.9 Å². The van der Waals surface area contributed by atoms with Crippen molar-refractivity contribution < 1.29 is 23.9 Å². The minimum Gasteiger partial charge on any atom is -0.463 e. The van der Waals surface area contributed by atoms with Crippen molar-refractivity contribution in [2.24, 2.45) is 0 Å². The third-order valence-corrected chi connectivity index (χ3v) is 4.27. The zero-order valence-electron chi connectivity index (χ0n) is 15.9. The van der Waals surface area contributed by atoms with Crippen LogP contribution in [-0.2, 0) is 25.6 Å². The van der Waals surface area contributed by atoms with Crippen LogP contribution in [0.4, 0.5) is 4.79 Å². The van der Waals surface area contributed by atoms with Gasteiger partial charge in [-0.15, -0.1) is 0 Å². The van der Waals surface area contributed by atoms with Crippen LogP contribution in [0.1, 0.15) is 13.8 Å². The van der Waals surface area contributed by atoms with E-state index in [1.165, 1.54) is 6.33 Å². The molecule has 29 heavy (non-hydrogen) atoms. The van der Waals surface area contributed by atoms with Crippen molar-refractivity contribution in [1.82, 2.24) is 20.2 Å². The summed E-state index contributed by atoms with van der Waals surface area (Å²) in [6.07, 6.45) is 1.27. The largest absolute Gasteiger partial charge is 0.463 e. The number of esters is 2. The number of carbonyl (C=O) groups is 3. The summed E-state index contributed by atoms with van der Waals surface area (Å²) in [5.74, 6) is -1.34. The average molecular weight is 400 g/mol. The van der Waals surface area contributed by atoms with Gasteiger partial charge in [0.15, 0.2) is 0 Å². The number of para-hydroxylation sites is 1. The zero-order valence-corrected chi connectivity index (χ0v) is 15.9. The third kappa shape index (κ3) is 4.42. The smallest absolute Gasteiger partial charge is 0.338 e. The molecule has 1 unspecified atom stereocenters. The van der Waals surface area contributed by atoms with Gasteiger partial charge in [-0.3, -0.25) is 14.2 Å². The number of urea groups is 1. The summed E-state index contributed by atoms with van der Waals surface area (Å²) in [4.78, 5) is 52.7. The molecule has 2 N–H and O–H groups in total. The molecule has 0 bridgehead atoms. The Kier molecular flexibility index (Phi) is 5.91. The van der Waals surface area contributed by atoms with E-state index in [4.69, 9.17) is 9.47 Å². The molecule has 0 radical (unpaired) electrons. The molecular weight excluding hydrogens is 380 g/mol. The molecule has 2 amide bonds. The van der Waals surface area contributed by atoms with E-state index < -0.39 is 24.0 Å². The van der Waals surface area contributed by atoms with Crippen LogP contribution < -0.4 is 16.2 Å². The van der Waals surface area contributed by atoms with Crippen LogP contribution in [-0.4, -0.2) is 46.8 Å². The van der Waals surface area contributed by atoms with Gasteiger partial charge in [0, 0.05) is 0 Å². The fraction of sp³-hybridized carbons (Fsp3) is 0.316. The topological polar surface area (TPSA) is 129 Å². The van der Waals surface area contributed by atoms with Gasteiger partial charge in [0.25, 0.3) is 5.56 Å². The van der Waals surface area contributed by atoms with Gasteiger partial charge in [-0.2, -0.15) is 0 Å². The summed E-state index contributed by atoms with van der Waals surface area (Å²) in [5.41, 5.74) is 0.460. The van der Waals surface area contributed by atoms with Gasteiger partial charge < -0.3 is 20.1 Å². The number of ether oxygens (including phenoxy) is 2. The van der Waals surface area contributed by atoms with Crippen molar-refractivity contribution in [1.29, 1.82) is 0 Å². The first-order valence-electron chi connectivity index (χ1n) is 8.98. The second-order valence-corrected chi connectivity index (χ2v) is 6.29. The number of amides is 2. The Morgan fingerprint density at radius 1 is 1.21 bits per heavy atom. The molecule has 1 aliphatic rings. The Labute approximate surface area is 165 Å². The number of nitrogens with zero attached hydrogens (tertiary/aromatic N) is 2. The Bertz CT molecular complexity index is 1060. The lowest BCUT2D eigenvalue weighted by atomic mass is 10.0. The predicted molar refractivity (Wildman–Crippen MR) is 102 cm³/mol. The molecular formula is C19H20N4O6. The SMILES string of the molecule is CCOC(=O)C1=C(COC(=O)Cn2cnc3ccccc3c2=O)NC(=O)NC1C. The lowest BCUT2D eigenvalue weighted by Crippen LogP contribution is -2.50. The first kappa shape index (κ1) is 20.1. The molecule has 3 rings (SSSR count). The van der Waals surface area contributed by atoms with E-state index in [1.807, 2.05) is 0 Å². The molecule has 2 aromatic rings. The summed E-state index contributed by atoms with van der Waals surface area (Å²) < 4.78 is 11.3. The van der Waals surface area contributed by atoms with E-state index in [0.717, 1.165) is 4.57 Å². The van der Waals surface area contributed by atoms with Crippen molar-refractivity contribution in [2.45, 2.75) is 26.4 Å². The highest BCUT2D eigenvalue weighted by atomic mass is 16.5.